The number of para-hydroxylation sites is 2. The highest BCUT2D eigenvalue weighted by atomic mass is 35.5. The van der Waals surface area contributed by atoms with Gasteiger partial charge in [-0.2, -0.15) is 0 Å². The van der Waals surface area contributed by atoms with E-state index in [0.717, 1.165) is 0 Å². The number of fused-ring (bicyclic) bond motifs is 1. The number of hydrogen-bond acceptors (Lipinski definition) is 5. The van der Waals surface area contributed by atoms with Crippen LogP contribution in [0.4, 0.5) is 5.69 Å². The van der Waals surface area contributed by atoms with Gasteiger partial charge in [0.25, 0.3) is 5.56 Å². The number of hydrogen-bond donors (Lipinski definition) is 1. The van der Waals surface area contributed by atoms with Crippen molar-refractivity contribution in [1.29, 1.82) is 0 Å². The van der Waals surface area contributed by atoms with Crippen LogP contribution < -0.4 is 10.9 Å². The summed E-state index contributed by atoms with van der Waals surface area (Å²) in [7, 11) is 1.55. The van der Waals surface area contributed by atoms with Crippen LogP contribution in [0.25, 0.3) is 10.9 Å². The van der Waals surface area contributed by atoms with Crippen molar-refractivity contribution >= 4 is 51.8 Å². The summed E-state index contributed by atoms with van der Waals surface area (Å²) in [5, 5.41) is 4.13. The minimum atomic E-state index is -0.349. The first kappa shape index (κ1) is 21.9. The van der Waals surface area contributed by atoms with E-state index in [-0.39, 0.29) is 29.7 Å². The standard InChI is InChI=1S/C21H21ClN4O3S/c1-3-26-20(29)14-8-4-6-10-16(14)24-21(26)30-13-19(28)25(2)12-18(27)23-17-11-7-5-9-15(17)22/h4-11H,3,12-13H2,1-2H3,(H,23,27). The van der Waals surface area contributed by atoms with E-state index in [0.29, 0.717) is 33.3 Å². The van der Waals surface area contributed by atoms with E-state index in [1.54, 1.807) is 54.1 Å². The van der Waals surface area contributed by atoms with Crippen molar-refractivity contribution < 1.29 is 9.59 Å². The summed E-state index contributed by atoms with van der Waals surface area (Å²) >= 11 is 7.21. The lowest BCUT2D eigenvalue weighted by atomic mass is 10.2. The van der Waals surface area contributed by atoms with E-state index in [1.165, 1.54) is 16.7 Å². The van der Waals surface area contributed by atoms with Crippen molar-refractivity contribution in [1.82, 2.24) is 14.5 Å². The molecule has 7 nitrogen and oxygen atoms in total. The Hall–Kier alpha value is -2.84. The number of halogens is 1. The Morgan fingerprint density at radius 2 is 1.87 bits per heavy atom. The molecule has 0 aliphatic heterocycles. The van der Waals surface area contributed by atoms with Crippen molar-refractivity contribution in [2.45, 2.75) is 18.6 Å². The molecule has 0 spiro atoms. The van der Waals surface area contributed by atoms with Gasteiger partial charge in [0.15, 0.2) is 5.16 Å². The van der Waals surface area contributed by atoms with Crippen LogP contribution >= 0.6 is 23.4 Å². The van der Waals surface area contributed by atoms with Gasteiger partial charge >= 0.3 is 0 Å². The van der Waals surface area contributed by atoms with Crippen LogP contribution in [0.15, 0.2) is 58.5 Å². The lowest BCUT2D eigenvalue weighted by Crippen LogP contribution is -2.36. The molecule has 0 fully saturated rings. The monoisotopic (exact) mass is 444 g/mol. The molecule has 0 bridgehead atoms. The van der Waals surface area contributed by atoms with Crippen LogP contribution in [0.2, 0.25) is 5.02 Å². The molecule has 2 aromatic carbocycles. The number of likely N-dealkylation sites (N-methyl/N-ethyl adjacent to an activating group) is 1. The Kier molecular flexibility index (Phi) is 7.12. The fourth-order valence-electron chi connectivity index (χ4n) is 2.83. The van der Waals surface area contributed by atoms with Crippen molar-refractivity contribution in [3.05, 3.63) is 63.9 Å². The van der Waals surface area contributed by atoms with Crippen molar-refractivity contribution in [3.63, 3.8) is 0 Å². The maximum absolute atomic E-state index is 12.7. The van der Waals surface area contributed by atoms with Gasteiger partial charge in [0, 0.05) is 13.6 Å². The van der Waals surface area contributed by atoms with E-state index in [4.69, 9.17) is 11.6 Å². The second-order valence-corrected chi connectivity index (χ2v) is 7.88. The van der Waals surface area contributed by atoms with Gasteiger partial charge < -0.3 is 10.2 Å². The molecule has 9 heteroatoms. The number of amides is 2. The Bertz CT molecular complexity index is 1150. The highest BCUT2D eigenvalue weighted by Crippen LogP contribution is 2.21. The molecule has 1 aromatic heterocycles. The molecule has 30 heavy (non-hydrogen) atoms. The third kappa shape index (κ3) is 5.01. The average Bonchev–Trinajstić information content (AvgIpc) is 2.73. The molecule has 1 N–H and O–H groups in total. The van der Waals surface area contributed by atoms with Crippen molar-refractivity contribution in [2.75, 3.05) is 24.7 Å². The van der Waals surface area contributed by atoms with E-state index < -0.39 is 0 Å². The lowest BCUT2D eigenvalue weighted by molar-refractivity contribution is -0.131. The Morgan fingerprint density at radius 1 is 1.17 bits per heavy atom. The van der Waals surface area contributed by atoms with Gasteiger partial charge in [0.2, 0.25) is 11.8 Å². The molecule has 0 atom stereocenters. The number of anilines is 1. The predicted octanol–water partition coefficient (Wildman–Crippen LogP) is 3.26. The smallest absolute Gasteiger partial charge is 0.262 e. The fourth-order valence-corrected chi connectivity index (χ4v) is 4.02. The normalized spacial score (nSPS) is 10.8. The van der Waals surface area contributed by atoms with Gasteiger partial charge in [-0.15, -0.1) is 0 Å². The van der Waals surface area contributed by atoms with Crippen LogP contribution in [0.5, 0.6) is 0 Å². The molecule has 3 aromatic rings. The third-order valence-corrected chi connectivity index (χ3v) is 5.71. The molecule has 2 amide bonds. The molecule has 0 aliphatic carbocycles. The van der Waals surface area contributed by atoms with Crippen molar-refractivity contribution in [2.24, 2.45) is 0 Å². The van der Waals surface area contributed by atoms with Gasteiger partial charge in [-0.05, 0) is 31.2 Å². The summed E-state index contributed by atoms with van der Waals surface area (Å²) < 4.78 is 1.55. The molecule has 0 unspecified atom stereocenters. The SMILES string of the molecule is CCn1c(SCC(=O)N(C)CC(=O)Nc2ccccc2Cl)nc2ccccc2c1=O. The summed E-state index contributed by atoms with van der Waals surface area (Å²) in [5.41, 5.74) is 0.951. The van der Waals surface area contributed by atoms with Crippen LogP contribution in [-0.4, -0.2) is 45.6 Å². The third-order valence-electron chi connectivity index (χ3n) is 4.42. The number of carbonyl (C=O) groups excluding carboxylic acids is 2. The van der Waals surface area contributed by atoms with Crippen LogP contribution in [-0.2, 0) is 16.1 Å². The largest absolute Gasteiger partial charge is 0.336 e. The zero-order valence-electron chi connectivity index (χ0n) is 16.6. The Labute approximate surface area is 183 Å². The van der Waals surface area contributed by atoms with Crippen molar-refractivity contribution in [3.8, 4) is 0 Å². The van der Waals surface area contributed by atoms with Gasteiger partial charge in [-0.1, -0.05) is 47.6 Å². The van der Waals surface area contributed by atoms with Gasteiger partial charge in [-0.3, -0.25) is 19.0 Å². The summed E-state index contributed by atoms with van der Waals surface area (Å²) in [4.78, 5) is 43.2. The maximum atomic E-state index is 12.7. The zero-order valence-corrected chi connectivity index (χ0v) is 18.2. The first-order chi connectivity index (χ1) is 14.4. The fraction of sp³-hybridized carbons (Fsp3) is 0.238. The maximum Gasteiger partial charge on any atom is 0.262 e. The number of nitrogens with one attached hydrogen (secondary N) is 1. The number of benzene rings is 2. The second kappa shape index (κ2) is 9.77. The average molecular weight is 445 g/mol. The molecule has 3 rings (SSSR count). The van der Waals surface area contributed by atoms with Crippen LogP contribution in [0, 0.1) is 0 Å². The van der Waals surface area contributed by atoms with E-state index >= 15 is 0 Å². The number of carbonyl (C=O) groups is 2. The molecule has 0 saturated heterocycles. The van der Waals surface area contributed by atoms with Gasteiger partial charge in [-0.25, -0.2) is 4.98 Å². The lowest BCUT2D eigenvalue weighted by Gasteiger charge is -2.17. The van der Waals surface area contributed by atoms with E-state index in [9.17, 15) is 14.4 Å². The number of thioether (sulfide) groups is 1. The number of nitrogens with zero attached hydrogens (tertiary/aromatic N) is 3. The highest BCUT2D eigenvalue weighted by Gasteiger charge is 2.17. The quantitative estimate of drug-likeness (QED) is 0.446. The number of aromatic nitrogens is 2. The summed E-state index contributed by atoms with van der Waals surface area (Å²) in [6.45, 7) is 2.19. The molecule has 0 radical (unpaired) electrons. The van der Waals surface area contributed by atoms with Crippen LogP contribution in [0.1, 0.15) is 6.92 Å². The Balaban J connectivity index is 1.64. The van der Waals surface area contributed by atoms with E-state index in [2.05, 4.69) is 10.3 Å². The first-order valence-electron chi connectivity index (χ1n) is 9.31. The first-order valence-corrected chi connectivity index (χ1v) is 10.7. The zero-order chi connectivity index (χ0) is 21.7. The topological polar surface area (TPSA) is 84.3 Å². The minimum absolute atomic E-state index is 0.0562. The second-order valence-electron chi connectivity index (χ2n) is 6.53. The summed E-state index contributed by atoms with van der Waals surface area (Å²) in [6, 6.07) is 14.0. The van der Waals surface area contributed by atoms with Crippen LogP contribution in [0.3, 0.4) is 0 Å². The Morgan fingerprint density at radius 3 is 2.60 bits per heavy atom. The summed E-state index contributed by atoms with van der Waals surface area (Å²) in [5.74, 6) is -0.543. The molecule has 1 heterocycles. The van der Waals surface area contributed by atoms with Gasteiger partial charge in [0.05, 0.1) is 33.9 Å². The van der Waals surface area contributed by atoms with Gasteiger partial charge in [0.1, 0.15) is 0 Å². The van der Waals surface area contributed by atoms with E-state index in [1.807, 2.05) is 13.0 Å². The molecule has 0 aliphatic rings. The molecular weight excluding hydrogens is 424 g/mol. The summed E-state index contributed by atoms with van der Waals surface area (Å²) in [6.07, 6.45) is 0. The number of rotatable bonds is 7. The minimum Gasteiger partial charge on any atom is -0.336 e. The molecular formula is C21H21ClN4O3S. The highest BCUT2D eigenvalue weighted by molar-refractivity contribution is 7.99. The predicted molar refractivity (Wildman–Crippen MR) is 120 cm³/mol. The molecule has 0 saturated carbocycles. The molecule has 156 valence electrons.